The summed E-state index contributed by atoms with van der Waals surface area (Å²) in [4.78, 5) is 4.62. The Morgan fingerprint density at radius 3 is 2.54 bits per heavy atom. The highest BCUT2D eigenvalue weighted by Crippen LogP contribution is 2.17. The van der Waals surface area contributed by atoms with Crippen LogP contribution in [0.1, 0.15) is 18.1 Å². The number of nitrogens with one attached hydrogen (secondary N) is 2. The molecule has 8 heteroatoms. The molecule has 2 aromatic carbocycles. The van der Waals surface area contributed by atoms with Gasteiger partial charge in [0.05, 0.1) is 11.4 Å². The van der Waals surface area contributed by atoms with Crippen molar-refractivity contribution in [1.29, 1.82) is 0 Å². The van der Waals surface area contributed by atoms with Crippen molar-refractivity contribution in [2.75, 3.05) is 13.2 Å². The average molecular weight is 403 g/mol. The van der Waals surface area contributed by atoms with Crippen molar-refractivity contribution in [3.05, 3.63) is 72.3 Å². The fourth-order valence-electron chi connectivity index (χ4n) is 2.41. The number of benzene rings is 2. The maximum atomic E-state index is 11.3. The Balaban J connectivity index is 2.04. The molecule has 2 aromatic rings. The van der Waals surface area contributed by atoms with Gasteiger partial charge >= 0.3 is 0 Å². The first kappa shape index (κ1) is 21.5. The number of para-hydroxylation sites is 1. The Bertz CT molecular complexity index is 909. The van der Waals surface area contributed by atoms with Crippen LogP contribution in [0, 0.1) is 0 Å². The van der Waals surface area contributed by atoms with Crippen LogP contribution >= 0.6 is 0 Å². The van der Waals surface area contributed by atoms with Gasteiger partial charge in [-0.05, 0) is 30.7 Å². The third-order valence-corrected chi connectivity index (χ3v) is 4.72. The molecule has 0 radical (unpaired) electrons. The molecule has 7 nitrogen and oxygen atoms in total. The van der Waals surface area contributed by atoms with E-state index in [-0.39, 0.29) is 4.90 Å². The zero-order valence-corrected chi connectivity index (χ0v) is 16.7. The number of rotatable bonds is 9. The maximum Gasteiger partial charge on any atom is 0.238 e. The van der Waals surface area contributed by atoms with E-state index < -0.39 is 10.0 Å². The highest BCUT2D eigenvalue weighted by molar-refractivity contribution is 7.89. The Morgan fingerprint density at radius 2 is 1.89 bits per heavy atom. The molecule has 0 amide bonds. The zero-order chi connectivity index (χ0) is 20.4. The zero-order valence-electron chi connectivity index (χ0n) is 15.9. The summed E-state index contributed by atoms with van der Waals surface area (Å²) in [6.07, 6.45) is 1.71. The van der Waals surface area contributed by atoms with Crippen LogP contribution in [0.25, 0.3) is 0 Å². The lowest BCUT2D eigenvalue weighted by atomic mass is 10.2. The largest absolute Gasteiger partial charge is 0.489 e. The summed E-state index contributed by atoms with van der Waals surface area (Å²) in [5.41, 5.74) is 1.88. The summed E-state index contributed by atoms with van der Waals surface area (Å²) in [6, 6.07) is 14.1. The first-order valence-electron chi connectivity index (χ1n) is 8.89. The second-order valence-electron chi connectivity index (χ2n) is 5.95. The Labute approximate surface area is 166 Å². The van der Waals surface area contributed by atoms with Crippen molar-refractivity contribution >= 4 is 16.0 Å². The van der Waals surface area contributed by atoms with Crippen LogP contribution in [-0.2, 0) is 23.1 Å². The van der Waals surface area contributed by atoms with Gasteiger partial charge in [0.15, 0.2) is 5.96 Å². The van der Waals surface area contributed by atoms with E-state index in [1.165, 1.54) is 12.1 Å². The lowest BCUT2D eigenvalue weighted by molar-refractivity contribution is 0.358. The van der Waals surface area contributed by atoms with Crippen molar-refractivity contribution < 1.29 is 13.2 Å². The predicted molar refractivity (Wildman–Crippen MR) is 112 cm³/mol. The Kier molecular flexibility index (Phi) is 8.03. The minimum atomic E-state index is -3.69. The number of primary sulfonamides is 1. The molecule has 0 spiro atoms. The molecule has 0 unspecified atom stereocenters. The van der Waals surface area contributed by atoms with E-state index in [1.807, 2.05) is 31.2 Å². The van der Waals surface area contributed by atoms with E-state index in [4.69, 9.17) is 9.88 Å². The first-order valence-corrected chi connectivity index (χ1v) is 10.4. The van der Waals surface area contributed by atoms with E-state index >= 15 is 0 Å². The molecule has 0 aliphatic rings. The molecule has 0 aromatic heterocycles. The minimum Gasteiger partial charge on any atom is -0.489 e. The second kappa shape index (κ2) is 10.5. The molecule has 0 bridgehead atoms. The Morgan fingerprint density at radius 1 is 1.18 bits per heavy atom. The number of aliphatic imine (C=N–C) groups is 1. The SMILES string of the molecule is C=CCOc1ccccc1CNC(=NCc1ccc(S(N)(=O)=O)cc1)NCC. The second-order valence-corrected chi connectivity index (χ2v) is 7.51. The topological polar surface area (TPSA) is 106 Å². The number of hydrogen-bond donors (Lipinski definition) is 3. The van der Waals surface area contributed by atoms with Crippen LogP contribution < -0.4 is 20.5 Å². The maximum absolute atomic E-state index is 11.3. The molecular weight excluding hydrogens is 376 g/mol. The summed E-state index contributed by atoms with van der Waals surface area (Å²) >= 11 is 0. The summed E-state index contributed by atoms with van der Waals surface area (Å²) in [5, 5.41) is 11.6. The van der Waals surface area contributed by atoms with E-state index in [2.05, 4.69) is 22.2 Å². The van der Waals surface area contributed by atoms with E-state index in [0.717, 1.165) is 16.9 Å². The molecule has 0 atom stereocenters. The molecule has 4 N–H and O–H groups in total. The van der Waals surface area contributed by atoms with E-state index in [1.54, 1.807) is 18.2 Å². The number of guanidine groups is 1. The minimum absolute atomic E-state index is 0.0846. The molecule has 2 rings (SSSR count). The van der Waals surface area contributed by atoms with Crippen molar-refractivity contribution in [1.82, 2.24) is 10.6 Å². The first-order chi connectivity index (χ1) is 13.4. The normalized spacial score (nSPS) is 11.7. The van der Waals surface area contributed by atoms with Crippen molar-refractivity contribution in [2.24, 2.45) is 10.1 Å². The molecule has 28 heavy (non-hydrogen) atoms. The highest BCUT2D eigenvalue weighted by atomic mass is 32.2. The third-order valence-electron chi connectivity index (χ3n) is 3.79. The highest BCUT2D eigenvalue weighted by Gasteiger charge is 2.07. The quantitative estimate of drug-likeness (QED) is 0.339. The number of ether oxygens (including phenoxy) is 1. The van der Waals surface area contributed by atoms with Gasteiger partial charge in [0.1, 0.15) is 12.4 Å². The molecular formula is C20H26N4O3S. The summed E-state index contributed by atoms with van der Waals surface area (Å²) in [6.45, 7) is 7.75. The van der Waals surface area contributed by atoms with E-state index in [0.29, 0.717) is 32.2 Å². The van der Waals surface area contributed by atoms with Gasteiger partial charge in [-0.2, -0.15) is 0 Å². The van der Waals surface area contributed by atoms with Crippen LogP contribution in [0.4, 0.5) is 0 Å². The smallest absolute Gasteiger partial charge is 0.238 e. The van der Waals surface area contributed by atoms with Gasteiger partial charge in [-0.1, -0.05) is 43.0 Å². The average Bonchev–Trinajstić information content (AvgIpc) is 2.68. The van der Waals surface area contributed by atoms with Crippen LogP contribution in [0.15, 0.2) is 71.1 Å². The molecule has 0 aliphatic heterocycles. The number of nitrogens with two attached hydrogens (primary N) is 1. The van der Waals surface area contributed by atoms with Crippen LogP contribution in [0.2, 0.25) is 0 Å². The molecule has 0 fully saturated rings. The van der Waals surface area contributed by atoms with Crippen molar-refractivity contribution in [3.63, 3.8) is 0 Å². The van der Waals surface area contributed by atoms with Gasteiger partial charge in [0.2, 0.25) is 10.0 Å². The number of hydrogen-bond acceptors (Lipinski definition) is 4. The van der Waals surface area contributed by atoms with Gasteiger partial charge in [0.25, 0.3) is 0 Å². The predicted octanol–water partition coefficient (Wildman–Crippen LogP) is 2.15. The number of nitrogens with zero attached hydrogens (tertiary/aromatic N) is 1. The van der Waals surface area contributed by atoms with Crippen LogP contribution in [0.3, 0.4) is 0 Å². The standard InChI is InChI=1S/C20H26N4O3S/c1-3-13-27-19-8-6-5-7-17(19)15-24-20(22-4-2)23-14-16-9-11-18(12-10-16)28(21,25)26/h3,5-12H,1,4,13-15H2,2H3,(H2,21,25,26)(H2,22,23,24). The van der Waals surface area contributed by atoms with Crippen molar-refractivity contribution in [2.45, 2.75) is 24.9 Å². The summed E-state index contributed by atoms with van der Waals surface area (Å²) in [5.74, 6) is 1.45. The lowest BCUT2D eigenvalue weighted by Gasteiger charge is -2.14. The van der Waals surface area contributed by atoms with Crippen LogP contribution in [0.5, 0.6) is 5.75 Å². The van der Waals surface area contributed by atoms with Gasteiger partial charge in [-0.25, -0.2) is 18.5 Å². The molecule has 0 aliphatic carbocycles. The fourth-order valence-corrected chi connectivity index (χ4v) is 2.93. The van der Waals surface area contributed by atoms with Gasteiger partial charge in [-0.15, -0.1) is 0 Å². The lowest BCUT2D eigenvalue weighted by Crippen LogP contribution is -2.36. The molecule has 0 saturated heterocycles. The van der Waals surface area contributed by atoms with Gasteiger partial charge in [0, 0.05) is 18.7 Å². The van der Waals surface area contributed by atoms with Crippen molar-refractivity contribution in [3.8, 4) is 5.75 Å². The number of sulfonamides is 1. The van der Waals surface area contributed by atoms with Gasteiger partial charge < -0.3 is 15.4 Å². The summed E-state index contributed by atoms with van der Waals surface area (Å²) < 4.78 is 28.3. The monoisotopic (exact) mass is 402 g/mol. The Hall–Kier alpha value is -2.84. The summed E-state index contributed by atoms with van der Waals surface area (Å²) in [7, 11) is -3.69. The molecule has 0 saturated carbocycles. The molecule has 0 heterocycles. The third kappa shape index (κ3) is 6.71. The fraction of sp³-hybridized carbons (Fsp3) is 0.250. The van der Waals surface area contributed by atoms with Crippen LogP contribution in [-0.4, -0.2) is 27.5 Å². The molecule has 150 valence electrons. The van der Waals surface area contributed by atoms with Gasteiger partial charge in [-0.3, -0.25) is 0 Å². The van der Waals surface area contributed by atoms with E-state index in [9.17, 15) is 8.42 Å².